The molecule has 4 rings (SSSR count). The summed E-state index contributed by atoms with van der Waals surface area (Å²) in [6, 6.07) is 9.32. The van der Waals surface area contributed by atoms with Crippen molar-refractivity contribution in [1.29, 1.82) is 0 Å². The van der Waals surface area contributed by atoms with Crippen molar-refractivity contribution in [2.45, 2.75) is 18.8 Å². The molecule has 1 atom stereocenters. The minimum absolute atomic E-state index is 0.0250. The largest absolute Gasteiger partial charge is 0.484 e. The first kappa shape index (κ1) is 20.8. The Labute approximate surface area is 180 Å². The van der Waals surface area contributed by atoms with Crippen LogP contribution in [0, 0.1) is 11.6 Å². The first-order valence-electron chi connectivity index (χ1n) is 9.17. The van der Waals surface area contributed by atoms with Crippen LogP contribution >= 0.6 is 11.6 Å². The lowest BCUT2D eigenvalue weighted by molar-refractivity contribution is -0.122. The van der Waals surface area contributed by atoms with Crippen molar-refractivity contribution in [1.82, 2.24) is 15.5 Å². The summed E-state index contributed by atoms with van der Waals surface area (Å²) in [6.07, 6.45) is 2.16. The van der Waals surface area contributed by atoms with Crippen LogP contribution in [0.4, 0.5) is 8.78 Å². The maximum Gasteiger partial charge on any atom is 0.420 e. The fraction of sp³-hybridized carbons (Fsp3) is 0.190. The SMILES string of the molecule is CC1(c2nnc(Oc3ccc(F)cc3)o2)C=C(NC(=O)COc2ccc(Cl)c(F)c2)C1. The third-order valence-corrected chi connectivity index (χ3v) is 4.83. The summed E-state index contributed by atoms with van der Waals surface area (Å²) < 4.78 is 42.6. The Morgan fingerprint density at radius 2 is 1.90 bits per heavy atom. The van der Waals surface area contributed by atoms with Gasteiger partial charge in [-0.15, -0.1) is 5.10 Å². The van der Waals surface area contributed by atoms with Gasteiger partial charge in [0.2, 0.25) is 5.89 Å². The molecule has 160 valence electrons. The molecule has 0 bridgehead atoms. The molecule has 0 radical (unpaired) electrons. The number of allylic oxidation sites excluding steroid dienone is 2. The number of hydrogen-bond acceptors (Lipinski definition) is 6. The number of carbonyl (C=O) groups is 1. The average molecular weight is 448 g/mol. The van der Waals surface area contributed by atoms with Gasteiger partial charge in [0.1, 0.15) is 23.1 Å². The van der Waals surface area contributed by atoms with E-state index in [4.69, 9.17) is 25.5 Å². The maximum absolute atomic E-state index is 13.4. The second-order valence-corrected chi connectivity index (χ2v) is 7.51. The van der Waals surface area contributed by atoms with Crippen molar-refractivity contribution in [2.24, 2.45) is 0 Å². The molecule has 0 saturated carbocycles. The predicted molar refractivity (Wildman–Crippen MR) is 106 cm³/mol. The molecule has 2 aromatic carbocycles. The van der Waals surface area contributed by atoms with E-state index in [-0.39, 0.29) is 29.3 Å². The summed E-state index contributed by atoms with van der Waals surface area (Å²) in [5.41, 5.74) is 0.0952. The first-order chi connectivity index (χ1) is 14.8. The molecule has 1 unspecified atom stereocenters. The number of benzene rings is 2. The summed E-state index contributed by atoms with van der Waals surface area (Å²) >= 11 is 5.61. The van der Waals surface area contributed by atoms with Crippen LogP contribution in [-0.2, 0) is 10.2 Å². The van der Waals surface area contributed by atoms with Crippen LogP contribution in [0.2, 0.25) is 5.02 Å². The molecule has 1 aliphatic rings. The molecule has 1 aromatic heterocycles. The van der Waals surface area contributed by atoms with Crippen LogP contribution in [0.5, 0.6) is 17.6 Å². The summed E-state index contributed by atoms with van der Waals surface area (Å²) in [4.78, 5) is 12.1. The normalized spacial score (nSPS) is 17.5. The highest BCUT2D eigenvalue weighted by Gasteiger charge is 2.39. The van der Waals surface area contributed by atoms with Crippen LogP contribution in [-0.4, -0.2) is 22.7 Å². The zero-order valence-corrected chi connectivity index (χ0v) is 17.0. The zero-order chi connectivity index (χ0) is 22.0. The molecular weight excluding hydrogens is 432 g/mol. The molecule has 1 amide bonds. The standard InChI is InChI=1S/C21H16ClF2N3O4/c1-21(19-26-27-20(31-19)30-14-4-2-12(23)3-5-14)9-13(10-21)25-18(28)11-29-15-6-7-16(22)17(24)8-15/h2-9H,10-11H2,1H3,(H,25,28). The van der Waals surface area contributed by atoms with E-state index in [0.717, 1.165) is 6.07 Å². The van der Waals surface area contributed by atoms with Gasteiger partial charge >= 0.3 is 6.08 Å². The number of nitrogens with zero attached hydrogens (tertiary/aromatic N) is 2. The molecule has 0 spiro atoms. The molecule has 3 aromatic rings. The van der Waals surface area contributed by atoms with E-state index >= 15 is 0 Å². The van der Waals surface area contributed by atoms with E-state index in [1.54, 1.807) is 6.08 Å². The second-order valence-electron chi connectivity index (χ2n) is 7.11. The van der Waals surface area contributed by atoms with Crippen molar-refractivity contribution in [3.05, 3.63) is 76.8 Å². The number of aromatic nitrogens is 2. The quantitative estimate of drug-likeness (QED) is 0.572. The summed E-state index contributed by atoms with van der Waals surface area (Å²) in [5.74, 6) is -0.529. The predicted octanol–water partition coefficient (Wildman–Crippen LogP) is 4.53. The summed E-state index contributed by atoms with van der Waals surface area (Å²) in [6.45, 7) is 1.58. The van der Waals surface area contributed by atoms with Crippen molar-refractivity contribution < 1.29 is 27.5 Å². The number of carbonyl (C=O) groups excluding carboxylic acids is 1. The topological polar surface area (TPSA) is 86.5 Å². The third-order valence-electron chi connectivity index (χ3n) is 4.53. The van der Waals surface area contributed by atoms with Gasteiger partial charge in [-0.1, -0.05) is 16.7 Å². The lowest BCUT2D eigenvalue weighted by atomic mass is 9.75. The van der Waals surface area contributed by atoms with E-state index in [9.17, 15) is 13.6 Å². The molecule has 1 N–H and O–H groups in total. The molecule has 0 aliphatic heterocycles. The van der Waals surface area contributed by atoms with Crippen molar-refractivity contribution in [2.75, 3.05) is 6.61 Å². The fourth-order valence-electron chi connectivity index (χ4n) is 2.98. The number of amides is 1. The van der Waals surface area contributed by atoms with Crippen LogP contribution < -0.4 is 14.8 Å². The van der Waals surface area contributed by atoms with Gasteiger partial charge in [0, 0.05) is 18.2 Å². The second kappa shape index (κ2) is 8.35. The highest BCUT2D eigenvalue weighted by atomic mass is 35.5. The number of nitrogens with one attached hydrogen (secondary N) is 1. The molecule has 31 heavy (non-hydrogen) atoms. The highest BCUT2D eigenvalue weighted by molar-refractivity contribution is 6.30. The van der Waals surface area contributed by atoms with E-state index in [1.165, 1.54) is 36.4 Å². The number of hydrogen-bond donors (Lipinski definition) is 1. The lowest BCUT2D eigenvalue weighted by Crippen LogP contribution is -2.39. The van der Waals surface area contributed by atoms with E-state index in [2.05, 4.69) is 15.5 Å². The van der Waals surface area contributed by atoms with Crippen molar-refractivity contribution >= 4 is 17.5 Å². The lowest BCUT2D eigenvalue weighted by Gasteiger charge is -2.33. The van der Waals surface area contributed by atoms with Crippen LogP contribution in [0.3, 0.4) is 0 Å². The molecule has 1 aliphatic carbocycles. The number of ether oxygens (including phenoxy) is 2. The van der Waals surface area contributed by atoms with Crippen LogP contribution in [0.1, 0.15) is 19.2 Å². The van der Waals surface area contributed by atoms with E-state index in [1.807, 2.05) is 6.92 Å². The molecule has 7 nitrogen and oxygen atoms in total. The summed E-state index contributed by atoms with van der Waals surface area (Å²) in [5, 5.41) is 10.5. The van der Waals surface area contributed by atoms with Gasteiger partial charge in [0.15, 0.2) is 6.61 Å². The van der Waals surface area contributed by atoms with Gasteiger partial charge in [-0.2, -0.15) is 0 Å². The van der Waals surface area contributed by atoms with Crippen LogP contribution in [0.25, 0.3) is 0 Å². The molecule has 0 fully saturated rings. The van der Waals surface area contributed by atoms with Crippen molar-refractivity contribution in [3.63, 3.8) is 0 Å². The third kappa shape index (κ3) is 4.83. The smallest absolute Gasteiger partial charge is 0.420 e. The van der Waals surface area contributed by atoms with E-state index in [0.29, 0.717) is 23.8 Å². The van der Waals surface area contributed by atoms with Gasteiger partial charge in [0.05, 0.1) is 10.4 Å². The Kier molecular flexibility index (Phi) is 5.60. The van der Waals surface area contributed by atoms with E-state index < -0.39 is 17.1 Å². The minimum atomic E-state index is -0.626. The summed E-state index contributed by atoms with van der Waals surface area (Å²) in [7, 11) is 0. The maximum atomic E-state index is 13.4. The monoisotopic (exact) mass is 447 g/mol. The Hall–Kier alpha value is -3.46. The fourth-order valence-corrected chi connectivity index (χ4v) is 3.10. The Balaban J connectivity index is 1.31. The molecule has 0 saturated heterocycles. The molecule has 1 heterocycles. The van der Waals surface area contributed by atoms with Crippen LogP contribution in [0.15, 0.2) is 58.7 Å². The van der Waals surface area contributed by atoms with Gasteiger partial charge in [-0.25, -0.2) is 8.78 Å². The Morgan fingerprint density at radius 3 is 2.61 bits per heavy atom. The average Bonchev–Trinajstić information content (AvgIpc) is 3.18. The number of rotatable bonds is 7. The number of halogens is 3. The minimum Gasteiger partial charge on any atom is -0.484 e. The Morgan fingerprint density at radius 1 is 1.19 bits per heavy atom. The zero-order valence-electron chi connectivity index (χ0n) is 16.2. The van der Waals surface area contributed by atoms with Gasteiger partial charge in [0.25, 0.3) is 5.91 Å². The van der Waals surface area contributed by atoms with Gasteiger partial charge in [-0.05, 0) is 49.4 Å². The van der Waals surface area contributed by atoms with Gasteiger partial charge < -0.3 is 19.2 Å². The highest BCUT2D eigenvalue weighted by Crippen LogP contribution is 2.40. The van der Waals surface area contributed by atoms with Gasteiger partial charge in [-0.3, -0.25) is 4.79 Å². The Bertz CT molecular complexity index is 1150. The van der Waals surface area contributed by atoms with Crippen molar-refractivity contribution in [3.8, 4) is 17.6 Å². The molecule has 10 heteroatoms. The first-order valence-corrected chi connectivity index (χ1v) is 9.55. The molecular formula is C21H16ClF2N3O4.